The summed E-state index contributed by atoms with van der Waals surface area (Å²) in [5.74, 6) is 4.08. The summed E-state index contributed by atoms with van der Waals surface area (Å²) in [6, 6.07) is 5.89. The highest BCUT2D eigenvalue weighted by Gasteiger charge is 2.30. The number of imidazole rings is 1. The van der Waals surface area contributed by atoms with Crippen LogP contribution in [0.2, 0.25) is 0 Å². The lowest BCUT2D eigenvalue weighted by Gasteiger charge is -2.27. The lowest BCUT2D eigenvalue weighted by Crippen LogP contribution is -2.43. The molecule has 10 nitrogen and oxygen atoms in total. The number of benzene rings is 1. The Balaban J connectivity index is 1.92. The molecule has 0 radical (unpaired) electrons. The first kappa shape index (κ1) is 23.9. The third kappa shape index (κ3) is 4.85. The summed E-state index contributed by atoms with van der Waals surface area (Å²) in [7, 11) is 1.73. The van der Waals surface area contributed by atoms with E-state index in [1.807, 2.05) is 0 Å². The highest BCUT2D eigenvalue weighted by Crippen LogP contribution is 2.32. The number of hydrogen-bond donors (Lipinski definition) is 3. The van der Waals surface area contributed by atoms with E-state index < -0.39 is 47.3 Å². The predicted octanol–water partition coefficient (Wildman–Crippen LogP) is 1.01. The Morgan fingerprint density at radius 1 is 1.20 bits per heavy atom. The van der Waals surface area contributed by atoms with Crippen LogP contribution in [0.3, 0.4) is 0 Å². The molecule has 13 heteroatoms. The van der Waals surface area contributed by atoms with Crippen LogP contribution < -0.4 is 10.6 Å². The van der Waals surface area contributed by atoms with Crippen molar-refractivity contribution in [1.29, 1.82) is 0 Å². The molecule has 0 saturated heterocycles. The van der Waals surface area contributed by atoms with Gasteiger partial charge in [-0.05, 0) is 36.1 Å². The highest BCUT2D eigenvalue weighted by molar-refractivity contribution is 5.92. The molecule has 0 aliphatic carbocycles. The molecule has 4 aromatic rings. The maximum Gasteiger partial charge on any atom is 0.377 e. The van der Waals surface area contributed by atoms with Crippen LogP contribution in [0.15, 0.2) is 53.8 Å². The van der Waals surface area contributed by atoms with Crippen LogP contribution in [0.5, 0.6) is 0 Å². The van der Waals surface area contributed by atoms with Crippen LogP contribution in [0.4, 0.5) is 24.7 Å². The minimum Gasteiger partial charge on any atom is -0.327 e. The highest BCUT2D eigenvalue weighted by atomic mass is 19.3. The number of nitrogens with zero attached hydrogens (tertiary/aromatic N) is 6. The minimum atomic E-state index is -3.71. The topological polar surface area (TPSA) is 130 Å². The Morgan fingerprint density at radius 3 is 2.63 bits per heavy atom. The van der Waals surface area contributed by atoms with Crippen LogP contribution in [0.25, 0.3) is 10.9 Å². The van der Waals surface area contributed by atoms with Gasteiger partial charge in [0.05, 0.1) is 30.0 Å². The second-order valence-corrected chi connectivity index (χ2v) is 7.33. The zero-order valence-corrected chi connectivity index (χ0v) is 18.0. The maximum atomic E-state index is 14.9. The molecule has 35 heavy (non-hydrogen) atoms. The number of rotatable bonds is 5. The van der Waals surface area contributed by atoms with Gasteiger partial charge in [-0.2, -0.15) is 4.98 Å². The van der Waals surface area contributed by atoms with E-state index in [9.17, 15) is 33.3 Å². The molecule has 3 N–H and O–H groups in total. The second-order valence-electron chi connectivity index (χ2n) is 7.33. The van der Waals surface area contributed by atoms with Crippen molar-refractivity contribution in [1.82, 2.24) is 24.1 Å². The molecule has 0 amide bonds. The smallest absolute Gasteiger partial charge is 0.327 e. The van der Waals surface area contributed by atoms with E-state index in [2.05, 4.69) is 26.8 Å². The van der Waals surface area contributed by atoms with Crippen LogP contribution in [0.1, 0.15) is 11.4 Å². The van der Waals surface area contributed by atoms with Crippen LogP contribution in [-0.2, 0) is 13.1 Å². The van der Waals surface area contributed by atoms with Crippen molar-refractivity contribution in [3.05, 3.63) is 76.7 Å². The fourth-order valence-electron chi connectivity index (χ4n) is 3.42. The SMILES string of the molecule is Cn1cncc1C#Cc1cc(N(CC(F)F)c2nc(=O)n(C(O)(O)O)c3cccc(F)c23)ccn1. The van der Waals surface area contributed by atoms with Gasteiger partial charge in [0.1, 0.15) is 17.2 Å². The van der Waals surface area contributed by atoms with Gasteiger partial charge in [0.15, 0.2) is 5.82 Å². The van der Waals surface area contributed by atoms with E-state index >= 15 is 0 Å². The van der Waals surface area contributed by atoms with E-state index in [-0.39, 0.29) is 15.9 Å². The zero-order chi connectivity index (χ0) is 25.3. The molecule has 0 unspecified atom stereocenters. The number of hydrogen-bond acceptors (Lipinski definition) is 8. The molecule has 3 aromatic heterocycles. The molecule has 1 aromatic carbocycles. The average molecular weight is 486 g/mol. The van der Waals surface area contributed by atoms with Gasteiger partial charge in [-0.1, -0.05) is 6.07 Å². The van der Waals surface area contributed by atoms with Crippen molar-refractivity contribution < 1.29 is 28.5 Å². The van der Waals surface area contributed by atoms with Gasteiger partial charge in [0.2, 0.25) is 0 Å². The first-order valence-electron chi connectivity index (χ1n) is 9.95. The summed E-state index contributed by atoms with van der Waals surface area (Å²) in [5.41, 5.74) is -1.10. The fourth-order valence-corrected chi connectivity index (χ4v) is 3.42. The van der Waals surface area contributed by atoms with Crippen molar-refractivity contribution in [2.24, 2.45) is 7.05 Å². The summed E-state index contributed by atoms with van der Waals surface area (Å²) in [5, 5.41) is 28.3. The molecule has 0 atom stereocenters. The molecule has 0 aliphatic rings. The molecular weight excluding hydrogens is 469 g/mol. The van der Waals surface area contributed by atoms with Crippen molar-refractivity contribution in [2.75, 3.05) is 11.4 Å². The van der Waals surface area contributed by atoms with Crippen molar-refractivity contribution in [2.45, 2.75) is 12.5 Å². The van der Waals surface area contributed by atoms with Crippen molar-refractivity contribution in [3.63, 3.8) is 0 Å². The van der Waals surface area contributed by atoms with Gasteiger partial charge < -0.3 is 24.8 Å². The quantitative estimate of drug-likeness (QED) is 0.282. The molecule has 180 valence electrons. The largest absolute Gasteiger partial charge is 0.377 e. The second kappa shape index (κ2) is 9.18. The molecule has 0 fully saturated rings. The maximum absolute atomic E-state index is 14.9. The van der Waals surface area contributed by atoms with E-state index in [0.717, 1.165) is 23.1 Å². The third-order valence-electron chi connectivity index (χ3n) is 4.92. The Bertz CT molecular complexity index is 1520. The fraction of sp³-hybridized carbons (Fsp3) is 0.182. The van der Waals surface area contributed by atoms with E-state index in [0.29, 0.717) is 5.69 Å². The van der Waals surface area contributed by atoms with Crippen LogP contribution in [-0.4, -0.2) is 52.4 Å². The number of fused-ring (bicyclic) bond motifs is 1. The van der Waals surface area contributed by atoms with Gasteiger partial charge in [-0.25, -0.2) is 32.5 Å². The summed E-state index contributed by atoms with van der Waals surface area (Å²) < 4.78 is 43.8. The molecule has 3 heterocycles. The first-order chi connectivity index (χ1) is 16.6. The summed E-state index contributed by atoms with van der Waals surface area (Å²) >= 11 is 0. The minimum absolute atomic E-state index is 0.0207. The molecule has 0 saturated carbocycles. The number of pyridine rings is 1. The number of aliphatic hydroxyl groups is 3. The number of anilines is 2. The molecular formula is C22H17F3N6O4. The van der Waals surface area contributed by atoms with Crippen molar-refractivity contribution >= 4 is 22.4 Å². The van der Waals surface area contributed by atoms with Gasteiger partial charge in [-0.3, -0.25) is 0 Å². The monoisotopic (exact) mass is 486 g/mol. The van der Waals surface area contributed by atoms with Crippen molar-refractivity contribution in [3.8, 4) is 11.8 Å². The van der Waals surface area contributed by atoms with E-state index in [1.165, 1.54) is 24.5 Å². The lowest BCUT2D eigenvalue weighted by molar-refractivity contribution is -0.374. The molecule has 4 rings (SSSR count). The van der Waals surface area contributed by atoms with E-state index in [1.54, 1.807) is 17.9 Å². The molecule has 0 bridgehead atoms. The summed E-state index contributed by atoms with van der Waals surface area (Å²) in [6.07, 6.45) is -2.29. The normalized spacial score (nSPS) is 11.5. The average Bonchev–Trinajstić information content (AvgIpc) is 3.19. The van der Waals surface area contributed by atoms with Crippen LogP contribution >= 0.6 is 0 Å². The first-order valence-corrected chi connectivity index (χ1v) is 9.95. The lowest BCUT2D eigenvalue weighted by atomic mass is 10.2. The zero-order valence-electron chi connectivity index (χ0n) is 18.0. The summed E-state index contributed by atoms with van der Waals surface area (Å²) in [4.78, 5) is 25.1. The Hall–Kier alpha value is -4.25. The third-order valence-corrected chi connectivity index (χ3v) is 4.92. The van der Waals surface area contributed by atoms with Gasteiger partial charge >= 0.3 is 11.8 Å². The number of aryl methyl sites for hydroxylation is 1. The standard InChI is InChI=1S/C22H17F3N6O4/c1-29-12-26-10-15(29)6-5-13-9-14(7-8-27-13)30(11-18(24)25)20-19-16(23)3-2-4-17(19)31(21(32)28-20)22(33,34)35/h2-4,7-10,12,18,33-35H,11H2,1H3. The molecule has 0 aliphatic heterocycles. The predicted molar refractivity (Wildman–Crippen MR) is 117 cm³/mol. The number of alkyl halides is 2. The Labute approximate surface area is 195 Å². The van der Waals surface area contributed by atoms with Gasteiger partial charge in [0, 0.05) is 18.9 Å². The van der Waals surface area contributed by atoms with Crippen LogP contribution in [0, 0.1) is 17.7 Å². The molecule has 0 spiro atoms. The van der Waals surface area contributed by atoms with E-state index in [4.69, 9.17) is 0 Å². The Morgan fingerprint density at radius 2 is 1.97 bits per heavy atom. The van der Waals surface area contributed by atoms with Gasteiger partial charge in [-0.15, -0.1) is 0 Å². The number of halogens is 3. The number of aromatic nitrogens is 5. The van der Waals surface area contributed by atoms with Gasteiger partial charge in [0.25, 0.3) is 6.43 Å². The summed E-state index contributed by atoms with van der Waals surface area (Å²) in [6.45, 7) is -0.999. The Kier molecular flexibility index (Phi) is 6.27.